The molecule has 3 aromatic rings. The molecule has 92 valence electrons. The van der Waals surface area contributed by atoms with Gasteiger partial charge in [0, 0.05) is 29.6 Å². The fourth-order valence-electron chi connectivity index (χ4n) is 2.04. The first-order chi connectivity index (χ1) is 9.34. The molecule has 3 rings (SSSR count). The maximum Gasteiger partial charge on any atom is 0.247 e. The summed E-state index contributed by atoms with van der Waals surface area (Å²) in [5.74, 6) is 0. The van der Waals surface area contributed by atoms with Crippen molar-refractivity contribution in [2.75, 3.05) is 0 Å². The van der Waals surface area contributed by atoms with E-state index in [0.717, 1.165) is 22.4 Å². The summed E-state index contributed by atoms with van der Waals surface area (Å²) in [4.78, 5) is 18.2. The van der Waals surface area contributed by atoms with Gasteiger partial charge in [0.1, 0.15) is 0 Å². The molecule has 0 aliphatic heterocycles. The Bertz CT molecular complexity index is 727. The van der Waals surface area contributed by atoms with E-state index >= 15 is 0 Å². The molecular weight excluding hydrogens is 236 g/mol. The molecule has 2 heterocycles. The summed E-state index contributed by atoms with van der Waals surface area (Å²) in [6.07, 6.45) is 3.45. The molecule has 0 bridgehead atoms. The van der Waals surface area contributed by atoms with Gasteiger partial charge in [0.15, 0.2) is 0 Å². The third-order valence-corrected chi connectivity index (χ3v) is 2.95. The monoisotopic (exact) mass is 248 g/mol. The van der Waals surface area contributed by atoms with Crippen LogP contribution in [0.25, 0.3) is 22.4 Å². The lowest BCUT2D eigenvalue weighted by molar-refractivity contribution is 1.22. The highest BCUT2D eigenvalue weighted by Gasteiger charge is 2.07. The van der Waals surface area contributed by atoms with Crippen molar-refractivity contribution in [3.8, 4) is 22.4 Å². The number of H-pyrrole nitrogens is 1. The molecule has 1 aromatic carbocycles. The molecule has 0 unspecified atom stereocenters. The van der Waals surface area contributed by atoms with Crippen LogP contribution >= 0.6 is 0 Å². The maximum absolute atomic E-state index is 11.1. The number of nitrogens with zero attached hydrogens (tertiary/aromatic N) is 1. The van der Waals surface area contributed by atoms with E-state index in [9.17, 15) is 4.79 Å². The lowest BCUT2D eigenvalue weighted by atomic mass is 10.0. The molecule has 19 heavy (non-hydrogen) atoms. The second kappa shape index (κ2) is 4.90. The number of aromatic amines is 1. The van der Waals surface area contributed by atoms with E-state index in [4.69, 9.17) is 0 Å². The molecule has 0 aliphatic rings. The van der Waals surface area contributed by atoms with Crippen molar-refractivity contribution < 1.29 is 0 Å². The van der Waals surface area contributed by atoms with E-state index < -0.39 is 0 Å². The molecule has 0 spiro atoms. The third kappa shape index (κ3) is 2.31. The Morgan fingerprint density at radius 1 is 0.842 bits per heavy atom. The number of aromatic nitrogens is 2. The second-order valence-electron chi connectivity index (χ2n) is 4.21. The van der Waals surface area contributed by atoms with Crippen LogP contribution in [0.5, 0.6) is 0 Å². The Morgan fingerprint density at radius 2 is 1.68 bits per heavy atom. The molecule has 0 atom stereocenters. The Balaban J connectivity index is 2.18. The van der Waals surface area contributed by atoms with E-state index in [2.05, 4.69) is 9.97 Å². The molecule has 2 aromatic heterocycles. The van der Waals surface area contributed by atoms with Crippen LogP contribution in [0.2, 0.25) is 0 Å². The van der Waals surface area contributed by atoms with Crippen LogP contribution < -0.4 is 5.56 Å². The quantitative estimate of drug-likeness (QED) is 0.757. The first-order valence-electron chi connectivity index (χ1n) is 6.04. The lowest BCUT2D eigenvalue weighted by Gasteiger charge is -2.08. The smallest absolute Gasteiger partial charge is 0.247 e. The maximum atomic E-state index is 11.1. The van der Waals surface area contributed by atoms with Crippen molar-refractivity contribution in [2.24, 2.45) is 0 Å². The fraction of sp³-hybridized carbons (Fsp3) is 0. The van der Waals surface area contributed by atoms with Crippen LogP contribution in [-0.2, 0) is 0 Å². The number of benzene rings is 1. The normalized spacial score (nSPS) is 10.3. The van der Waals surface area contributed by atoms with Gasteiger partial charge in [-0.25, -0.2) is 0 Å². The van der Waals surface area contributed by atoms with Crippen LogP contribution in [0, 0.1) is 0 Å². The molecule has 3 heteroatoms. The Morgan fingerprint density at radius 3 is 2.42 bits per heavy atom. The fourth-order valence-corrected chi connectivity index (χ4v) is 2.04. The second-order valence-corrected chi connectivity index (χ2v) is 4.21. The number of hydrogen-bond acceptors (Lipinski definition) is 2. The zero-order valence-electron chi connectivity index (χ0n) is 10.2. The van der Waals surface area contributed by atoms with Gasteiger partial charge in [0.05, 0.1) is 5.69 Å². The van der Waals surface area contributed by atoms with E-state index in [0.29, 0.717) is 0 Å². The highest BCUT2D eigenvalue weighted by molar-refractivity contribution is 5.80. The minimum atomic E-state index is -0.110. The highest BCUT2D eigenvalue weighted by Crippen LogP contribution is 2.28. The Kier molecular flexibility index (Phi) is 2.94. The summed E-state index contributed by atoms with van der Waals surface area (Å²) in [5.41, 5.74) is 3.82. The van der Waals surface area contributed by atoms with Gasteiger partial charge in [0.25, 0.3) is 0 Å². The van der Waals surface area contributed by atoms with Gasteiger partial charge in [0.2, 0.25) is 5.56 Å². The van der Waals surface area contributed by atoms with Gasteiger partial charge < -0.3 is 4.98 Å². The number of nitrogens with one attached hydrogen (secondary N) is 1. The first kappa shape index (κ1) is 11.4. The third-order valence-electron chi connectivity index (χ3n) is 2.95. The Labute approximate surface area is 110 Å². The van der Waals surface area contributed by atoms with Gasteiger partial charge in [-0.1, -0.05) is 36.4 Å². The minimum absolute atomic E-state index is 0.110. The van der Waals surface area contributed by atoms with Crippen molar-refractivity contribution >= 4 is 0 Å². The minimum Gasteiger partial charge on any atom is -0.328 e. The summed E-state index contributed by atoms with van der Waals surface area (Å²) in [7, 11) is 0. The lowest BCUT2D eigenvalue weighted by Crippen LogP contribution is -2.02. The van der Waals surface area contributed by atoms with Crippen molar-refractivity contribution in [1.82, 2.24) is 9.97 Å². The van der Waals surface area contributed by atoms with Crippen LogP contribution in [0.1, 0.15) is 0 Å². The van der Waals surface area contributed by atoms with E-state index in [1.165, 1.54) is 6.07 Å². The average Bonchev–Trinajstić information content (AvgIpc) is 2.49. The van der Waals surface area contributed by atoms with Gasteiger partial charge >= 0.3 is 0 Å². The SMILES string of the molecule is O=c1ccc(-c2ncccc2-c2ccccc2)c[nH]1. The number of rotatable bonds is 2. The highest BCUT2D eigenvalue weighted by atomic mass is 16.1. The molecule has 3 nitrogen and oxygen atoms in total. The molecule has 0 saturated heterocycles. The van der Waals surface area contributed by atoms with Crippen molar-refractivity contribution in [3.05, 3.63) is 77.3 Å². The largest absolute Gasteiger partial charge is 0.328 e. The van der Waals surface area contributed by atoms with Crippen LogP contribution in [0.4, 0.5) is 0 Å². The summed E-state index contributed by atoms with van der Waals surface area (Å²) in [6.45, 7) is 0. The van der Waals surface area contributed by atoms with Gasteiger partial charge in [-0.15, -0.1) is 0 Å². The molecule has 0 radical (unpaired) electrons. The van der Waals surface area contributed by atoms with E-state index in [1.807, 2.05) is 42.5 Å². The average molecular weight is 248 g/mol. The molecular formula is C16H12N2O. The van der Waals surface area contributed by atoms with Crippen molar-refractivity contribution in [1.29, 1.82) is 0 Å². The van der Waals surface area contributed by atoms with Gasteiger partial charge in [-0.2, -0.15) is 0 Å². The summed E-state index contributed by atoms with van der Waals surface area (Å²) >= 11 is 0. The van der Waals surface area contributed by atoms with Gasteiger partial charge in [-0.3, -0.25) is 9.78 Å². The molecule has 0 fully saturated rings. The molecule has 0 aliphatic carbocycles. The Hall–Kier alpha value is -2.68. The van der Waals surface area contributed by atoms with Gasteiger partial charge in [-0.05, 0) is 17.7 Å². The number of hydrogen-bond donors (Lipinski definition) is 1. The zero-order chi connectivity index (χ0) is 13.1. The van der Waals surface area contributed by atoms with Crippen LogP contribution in [-0.4, -0.2) is 9.97 Å². The molecule has 0 saturated carbocycles. The first-order valence-corrected chi connectivity index (χ1v) is 6.04. The topological polar surface area (TPSA) is 45.8 Å². The standard InChI is InChI=1S/C16H12N2O/c19-15-9-8-13(11-18-15)16-14(7-4-10-17-16)12-5-2-1-3-6-12/h1-11H,(H,18,19). The predicted molar refractivity (Wildman–Crippen MR) is 75.7 cm³/mol. The number of pyridine rings is 2. The summed E-state index contributed by atoms with van der Waals surface area (Å²) in [6, 6.07) is 17.3. The van der Waals surface area contributed by atoms with Crippen molar-refractivity contribution in [3.63, 3.8) is 0 Å². The van der Waals surface area contributed by atoms with Crippen LogP contribution in [0.3, 0.4) is 0 Å². The van der Waals surface area contributed by atoms with Crippen molar-refractivity contribution in [2.45, 2.75) is 0 Å². The predicted octanol–water partition coefficient (Wildman–Crippen LogP) is 3.10. The van der Waals surface area contributed by atoms with Crippen LogP contribution in [0.15, 0.2) is 71.8 Å². The zero-order valence-corrected chi connectivity index (χ0v) is 10.2. The van der Waals surface area contributed by atoms with E-state index in [-0.39, 0.29) is 5.56 Å². The molecule has 1 N–H and O–H groups in total. The summed E-state index contributed by atoms with van der Waals surface area (Å²) in [5, 5.41) is 0. The van der Waals surface area contributed by atoms with E-state index in [1.54, 1.807) is 18.5 Å². The molecule has 0 amide bonds. The summed E-state index contributed by atoms with van der Waals surface area (Å²) < 4.78 is 0.